The lowest BCUT2D eigenvalue weighted by atomic mass is 9.97. The summed E-state index contributed by atoms with van der Waals surface area (Å²) < 4.78 is 0. The normalized spacial score (nSPS) is 12.9. The first-order chi connectivity index (χ1) is 7.04. The van der Waals surface area contributed by atoms with Gasteiger partial charge in [-0.2, -0.15) is 0 Å². The molecule has 15 heavy (non-hydrogen) atoms. The van der Waals surface area contributed by atoms with Crippen LogP contribution in [0.25, 0.3) is 0 Å². The molecule has 82 valence electrons. The molecule has 0 radical (unpaired) electrons. The van der Waals surface area contributed by atoms with Gasteiger partial charge >= 0.3 is 0 Å². The minimum Gasteiger partial charge on any atom is -0.298 e. The number of halogens is 1. The summed E-state index contributed by atoms with van der Waals surface area (Å²) in [6, 6.07) is 5.91. The first-order valence-corrected chi connectivity index (χ1v) is 5.70. The van der Waals surface area contributed by atoms with E-state index in [1.54, 1.807) is 0 Å². The maximum atomic E-state index is 10.8. The van der Waals surface area contributed by atoms with Gasteiger partial charge in [-0.3, -0.25) is 4.79 Å². The fourth-order valence-corrected chi connectivity index (χ4v) is 1.86. The topological polar surface area (TPSA) is 17.1 Å². The van der Waals surface area contributed by atoms with Crippen LogP contribution >= 0.6 is 11.6 Å². The smallest absolute Gasteiger partial charge is 0.150 e. The van der Waals surface area contributed by atoms with E-state index in [1.165, 1.54) is 5.56 Å². The van der Waals surface area contributed by atoms with Crippen LogP contribution in [0.3, 0.4) is 0 Å². The lowest BCUT2D eigenvalue weighted by molar-refractivity contribution is 0.112. The highest BCUT2D eigenvalue weighted by Gasteiger charge is 2.09. The quantitative estimate of drug-likeness (QED) is 0.558. The summed E-state index contributed by atoms with van der Waals surface area (Å²) in [5.74, 6) is 0.616. The van der Waals surface area contributed by atoms with Crippen LogP contribution in [-0.4, -0.2) is 6.29 Å². The van der Waals surface area contributed by atoms with Crippen molar-refractivity contribution in [3.63, 3.8) is 0 Å². The van der Waals surface area contributed by atoms with Crippen LogP contribution < -0.4 is 0 Å². The molecule has 0 fully saturated rings. The molecule has 1 unspecified atom stereocenters. The Hall–Kier alpha value is -0.820. The zero-order chi connectivity index (χ0) is 11.4. The average molecular weight is 225 g/mol. The molecule has 0 amide bonds. The fourth-order valence-electron chi connectivity index (χ4n) is 1.67. The van der Waals surface area contributed by atoms with Crippen LogP contribution in [0, 0.1) is 5.92 Å². The van der Waals surface area contributed by atoms with Crippen molar-refractivity contribution < 1.29 is 4.79 Å². The summed E-state index contributed by atoms with van der Waals surface area (Å²) in [5, 5.41) is -0.114. The fraction of sp³-hybridized carbons (Fsp3) is 0.462. The van der Waals surface area contributed by atoms with E-state index in [0.29, 0.717) is 11.5 Å². The minimum absolute atomic E-state index is 0.114. The van der Waals surface area contributed by atoms with Gasteiger partial charge in [-0.15, -0.1) is 11.6 Å². The number of hydrogen-bond donors (Lipinski definition) is 0. The molecule has 0 bridgehead atoms. The van der Waals surface area contributed by atoms with E-state index in [0.717, 1.165) is 18.3 Å². The molecular weight excluding hydrogens is 208 g/mol. The Morgan fingerprint density at radius 1 is 1.33 bits per heavy atom. The zero-order valence-electron chi connectivity index (χ0n) is 9.46. The number of alkyl halides is 1. The molecule has 0 aliphatic rings. The van der Waals surface area contributed by atoms with Gasteiger partial charge in [0.25, 0.3) is 0 Å². The maximum absolute atomic E-state index is 10.8. The van der Waals surface area contributed by atoms with Gasteiger partial charge < -0.3 is 0 Å². The van der Waals surface area contributed by atoms with E-state index >= 15 is 0 Å². The van der Waals surface area contributed by atoms with Gasteiger partial charge in [0.15, 0.2) is 0 Å². The zero-order valence-corrected chi connectivity index (χ0v) is 10.2. The second-order valence-corrected chi connectivity index (χ2v) is 4.95. The van der Waals surface area contributed by atoms with Crippen molar-refractivity contribution in [2.45, 2.75) is 32.6 Å². The Labute approximate surface area is 96.5 Å². The van der Waals surface area contributed by atoms with Crippen LogP contribution in [0.1, 0.15) is 47.6 Å². The van der Waals surface area contributed by atoms with Crippen molar-refractivity contribution in [1.29, 1.82) is 0 Å². The van der Waals surface area contributed by atoms with Crippen molar-refractivity contribution in [3.05, 3.63) is 34.9 Å². The number of benzene rings is 1. The largest absolute Gasteiger partial charge is 0.298 e. The number of carbonyl (C=O) groups excluding carboxylic acids is 1. The molecule has 0 saturated heterocycles. The summed E-state index contributed by atoms with van der Waals surface area (Å²) in [6.45, 7) is 6.25. The van der Waals surface area contributed by atoms with Gasteiger partial charge in [-0.05, 0) is 30.4 Å². The van der Waals surface area contributed by atoms with Crippen molar-refractivity contribution in [2.75, 3.05) is 0 Å². The Morgan fingerprint density at radius 2 is 2.00 bits per heavy atom. The lowest BCUT2D eigenvalue weighted by Gasteiger charge is -2.11. The van der Waals surface area contributed by atoms with Crippen molar-refractivity contribution in [3.8, 4) is 0 Å². The third-order valence-electron chi connectivity index (χ3n) is 2.35. The standard InChI is InChI=1S/C13H17ClO/c1-9(2)6-11-4-5-12(8-15)13(7-11)10(3)14/h4-5,7-10H,6H2,1-3H3. The van der Waals surface area contributed by atoms with E-state index in [2.05, 4.69) is 13.8 Å². The molecule has 1 atom stereocenters. The Morgan fingerprint density at radius 3 is 2.47 bits per heavy atom. The van der Waals surface area contributed by atoms with Crippen molar-refractivity contribution in [2.24, 2.45) is 5.92 Å². The molecule has 0 heterocycles. The monoisotopic (exact) mass is 224 g/mol. The predicted octanol–water partition coefficient (Wildman–Crippen LogP) is 4.00. The van der Waals surface area contributed by atoms with Crippen LogP contribution in [0.4, 0.5) is 0 Å². The van der Waals surface area contributed by atoms with Crippen LogP contribution in [0.15, 0.2) is 18.2 Å². The van der Waals surface area contributed by atoms with Gasteiger partial charge in [0, 0.05) is 5.56 Å². The first-order valence-electron chi connectivity index (χ1n) is 5.26. The van der Waals surface area contributed by atoms with Gasteiger partial charge in [-0.25, -0.2) is 0 Å². The highest BCUT2D eigenvalue weighted by molar-refractivity contribution is 6.21. The molecule has 1 aromatic rings. The number of rotatable bonds is 4. The summed E-state index contributed by atoms with van der Waals surface area (Å²) in [7, 11) is 0. The van der Waals surface area contributed by atoms with E-state index in [1.807, 2.05) is 25.1 Å². The van der Waals surface area contributed by atoms with Crippen molar-refractivity contribution >= 4 is 17.9 Å². The number of aldehydes is 1. The van der Waals surface area contributed by atoms with Gasteiger partial charge in [-0.1, -0.05) is 32.0 Å². The molecule has 1 rings (SSSR count). The number of carbonyl (C=O) groups is 1. The molecule has 0 saturated carbocycles. The lowest BCUT2D eigenvalue weighted by Crippen LogP contribution is -1.99. The van der Waals surface area contributed by atoms with E-state index in [-0.39, 0.29) is 5.38 Å². The first kappa shape index (κ1) is 12.3. The molecule has 1 aromatic carbocycles. The van der Waals surface area contributed by atoms with Crippen molar-refractivity contribution in [1.82, 2.24) is 0 Å². The van der Waals surface area contributed by atoms with E-state index in [9.17, 15) is 4.79 Å². The Bertz CT molecular complexity index is 342. The molecule has 0 aromatic heterocycles. The summed E-state index contributed by atoms with van der Waals surface area (Å²) >= 11 is 6.04. The van der Waals surface area contributed by atoms with Crippen LogP contribution in [0.5, 0.6) is 0 Å². The molecule has 0 aliphatic heterocycles. The van der Waals surface area contributed by atoms with Crippen LogP contribution in [-0.2, 0) is 6.42 Å². The highest BCUT2D eigenvalue weighted by atomic mass is 35.5. The molecule has 0 spiro atoms. The van der Waals surface area contributed by atoms with E-state index < -0.39 is 0 Å². The molecule has 2 heteroatoms. The second kappa shape index (κ2) is 5.32. The van der Waals surface area contributed by atoms with Gasteiger partial charge in [0.2, 0.25) is 0 Å². The third-order valence-corrected chi connectivity index (χ3v) is 2.59. The summed E-state index contributed by atoms with van der Waals surface area (Å²) in [4.78, 5) is 10.8. The van der Waals surface area contributed by atoms with Gasteiger partial charge in [0.05, 0.1) is 5.38 Å². The number of hydrogen-bond acceptors (Lipinski definition) is 1. The summed E-state index contributed by atoms with van der Waals surface area (Å²) in [6.07, 6.45) is 1.89. The highest BCUT2D eigenvalue weighted by Crippen LogP contribution is 2.24. The maximum Gasteiger partial charge on any atom is 0.150 e. The predicted molar refractivity (Wildman–Crippen MR) is 64.6 cm³/mol. The SMILES string of the molecule is CC(C)Cc1ccc(C=O)c(C(C)Cl)c1. The Balaban J connectivity index is 3.04. The third kappa shape index (κ3) is 3.35. The molecular formula is C13H17ClO. The molecule has 0 aliphatic carbocycles. The van der Waals surface area contributed by atoms with Gasteiger partial charge in [0.1, 0.15) is 6.29 Å². The van der Waals surface area contributed by atoms with E-state index in [4.69, 9.17) is 11.6 Å². The second-order valence-electron chi connectivity index (χ2n) is 4.30. The Kier molecular flexibility index (Phi) is 4.34. The summed E-state index contributed by atoms with van der Waals surface area (Å²) in [5.41, 5.74) is 2.88. The minimum atomic E-state index is -0.114. The molecule has 0 N–H and O–H groups in total. The van der Waals surface area contributed by atoms with Crippen LogP contribution in [0.2, 0.25) is 0 Å². The molecule has 1 nitrogen and oxygen atoms in total. The average Bonchev–Trinajstić information content (AvgIpc) is 2.16.